The molecule has 0 atom stereocenters. The van der Waals surface area contributed by atoms with Crippen molar-refractivity contribution in [2.45, 2.75) is 101 Å². The zero-order chi connectivity index (χ0) is 25.0. The number of aromatic nitrogens is 2. The Morgan fingerprint density at radius 3 is 2.06 bits per heavy atom. The third-order valence-electron chi connectivity index (χ3n) is 5.75. The maximum atomic E-state index is 11.6. The van der Waals surface area contributed by atoms with E-state index in [2.05, 4.69) is 11.9 Å². The van der Waals surface area contributed by atoms with Crippen LogP contribution in [0, 0.1) is 0 Å². The summed E-state index contributed by atoms with van der Waals surface area (Å²) in [6, 6.07) is 4.28. The first-order valence-corrected chi connectivity index (χ1v) is 16.2. The van der Waals surface area contributed by atoms with Crippen molar-refractivity contribution in [3.8, 4) is 0 Å². The lowest BCUT2D eigenvalue weighted by Gasteiger charge is -2.09. The number of fused-ring (bicyclic) bond motifs is 1. The lowest BCUT2D eigenvalue weighted by molar-refractivity contribution is 0.476. The Hall–Kier alpha value is -1.14. The fourth-order valence-electron chi connectivity index (χ4n) is 3.87. The molecule has 2 rings (SSSR count). The average molecular weight is 535 g/mol. The molecule has 8 nitrogen and oxygen atoms in total. The van der Waals surface area contributed by atoms with Crippen molar-refractivity contribution in [2.24, 2.45) is 0 Å². The summed E-state index contributed by atoms with van der Waals surface area (Å²) >= 11 is 1.60. The minimum absolute atomic E-state index is 0.203. The van der Waals surface area contributed by atoms with Gasteiger partial charge in [-0.1, -0.05) is 76.5 Å². The fraction of sp³-hybridized carbons (Fsp3) is 0.696. The number of unbranched alkanes of at least 4 members (excludes halogenated alkanes) is 10. The van der Waals surface area contributed by atoms with E-state index >= 15 is 0 Å². The molecule has 0 spiro atoms. The number of hydrogen-bond donors (Lipinski definition) is 2. The highest BCUT2D eigenvalue weighted by Gasteiger charge is 2.16. The molecular weight excluding hydrogens is 496 g/mol. The molecule has 2 N–H and O–H groups in total. The molecule has 0 fully saturated rings. The molecule has 1 heterocycles. The normalized spacial score (nSPS) is 12.6. The Morgan fingerprint density at radius 2 is 1.47 bits per heavy atom. The van der Waals surface area contributed by atoms with Crippen LogP contribution < -0.4 is 0 Å². The monoisotopic (exact) mass is 534 g/mol. The van der Waals surface area contributed by atoms with Gasteiger partial charge in [-0.2, -0.15) is 16.8 Å². The fourth-order valence-corrected chi connectivity index (χ4v) is 5.98. The zero-order valence-electron chi connectivity index (χ0n) is 20.0. The SMILES string of the molecule is CCCCCCCCCCCCSc1nc2ccc(S(=O)(=O)O)cc2n1CCCCS(=O)(=O)O. The van der Waals surface area contributed by atoms with Crippen LogP contribution in [0.2, 0.25) is 0 Å². The summed E-state index contributed by atoms with van der Waals surface area (Å²) < 4.78 is 65.4. The summed E-state index contributed by atoms with van der Waals surface area (Å²) in [4.78, 5) is 4.42. The lowest BCUT2D eigenvalue weighted by Crippen LogP contribution is -2.07. The Labute approximate surface area is 208 Å². The average Bonchev–Trinajstić information content (AvgIpc) is 3.10. The Kier molecular flexibility index (Phi) is 12.3. The second-order valence-corrected chi connectivity index (χ2v) is 12.8. The summed E-state index contributed by atoms with van der Waals surface area (Å²) in [6.45, 7) is 2.66. The summed E-state index contributed by atoms with van der Waals surface area (Å²) in [5, 5.41) is 0.741. The molecule has 0 aliphatic heterocycles. The Morgan fingerprint density at radius 1 is 0.853 bits per heavy atom. The molecule has 194 valence electrons. The first-order valence-electron chi connectivity index (χ1n) is 12.2. The smallest absolute Gasteiger partial charge is 0.294 e. The predicted octanol–water partition coefficient (Wildman–Crippen LogP) is 5.96. The van der Waals surface area contributed by atoms with Crippen molar-refractivity contribution in [2.75, 3.05) is 11.5 Å². The van der Waals surface area contributed by atoms with Crippen LogP contribution in [0.15, 0.2) is 28.3 Å². The van der Waals surface area contributed by atoms with Gasteiger partial charge in [0.25, 0.3) is 20.2 Å². The summed E-state index contributed by atoms with van der Waals surface area (Å²) in [5.74, 6) is 0.562. The number of rotatable bonds is 18. The van der Waals surface area contributed by atoms with Crippen molar-refractivity contribution < 1.29 is 25.9 Å². The van der Waals surface area contributed by atoms with Crippen LogP contribution >= 0.6 is 11.8 Å². The largest absolute Gasteiger partial charge is 0.319 e. The second-order valence-electron chi connectivity index (χ2n) is 8.70. The predicted molar refractivity (Wildman–Crippen MR) is 138 cm³/mol. The van der Waals surface area contributed by atoms with E-state index < -0.39 is 20.2 Å². The number of thioether (sulfide) groups is 1. The lowest BCUT2D eigenvalue weighted by atomic mass is 10.1. The van der Waals surface area contributed by atoms with Crippen LogP contribution in [-0.4, -0.2) is 47.0 Å². The van der Waals surface area contributed by atoms with Gasteiger partial charge < -0.3 is 4.57 Å². The maximum absolute atomic E-state index is 11.6. The number of imidazole rings is 1. The maximum Gasteiger partial charge on any atom is 0.294 e. The van der Waals surface area contributed by atoms with Gasteiger partial charge >= 0.3 is 0 Å². The van der Waals surface area contributed by atoms with Crippen LogP contribution in [0.4, 0.5) is 0 Å². The molecule has 0 amide bonds. The molecule has 11 heteroatoms. The molecule has 0 aliphatic rings. The van der Waals surface area contributed by atoms with Crippen molar-refractivity contribution in [3.05, 3.63) is 18.2 Å². The third kappa shape index (κ3) is 10.6. The van der Waals surface area contributed by atoms with Crippen LogP contribution in [0.5, 0.6) is 0 Å². The van der Waals surface area contributed by atoms with E-state index in [1.165, 1.54) is 63.5 Å². The molecular formula is C23H38N2O6S3. The second kappa shape index (κ2) is 14.4. The topological polar surface area (TPSA) is 127 Å². The quantitative estimate of drug-likeness (QED) is 0.136. The van der Waals surface area contributed by atoms with Gasteiger partial charge in [-0.05, 0) is 37.5 Å². The molecule has 34 heavy (non-hydrogen) atoms. The molecule has 1 aromatic carbocycles. The van der Waals surface area contributed by atoms with E-state index in [1.54, 1.807) is 17.8 Å². The molecule has 0 aliphatic carbocycles. The van der Waals surface area contributed by atoms with Crippen LogP contribution in [0.1, 0.15) is 84.0 Å². The van der Waals surface area contributed by atoms with E-state index in [4.69, 9.17) is 4.55 Å². The van der Waals surface area contributed by atoms with Crippen LogP contribution in [-0.2, 0) is 26.8 Å². The van der Waals surface area contributed by atoms with Gasteiger partial charge in [-0.15, -0.1) is 0 Å². The van der Waals surface area contributed by atoms with Gasteiger partial charge in [0.05, 0.1) is 21.7 Å². The van der Waals surface area contributed by atoms with Crippen molar-refractivity contribution >= 4 is 43.0 Å². The highest BCUT2D eigenvalue weighted by atomic mass is 32.2. The van der Waals surface area contributed by atoms with Crippen LogP contribution in [0.3, 0.4) is 0 Å². The summed E-state index contributed by atoms with van der Waals surface area (Å²) in [6.07, 6.45) is 13.4. The van der Waals surface area contributed by atoms with Crippen molar-refractivity contribution in [3.63, 3.8) is 0 Å². The summed E-state index contributed by atoms with van der Waals surface area (Å²) in [5.41, 5.74) is 1.19. The highest BCUT2D eigenvalue weighted by molar-refractivity contribution is 7.99. The van der Waals surface area contributed by atoms with Gasteiger partial charge in [-0.25, -0.2) is 4.98 Å². The van der Waals surface area contributed by atoms with Crippen molar-refractivity contribution in [1.82, 2.24) is 9.55 Å². The molecule has 0 saturated heterocycles. The Balaban J connectivity index is 1.92. The van der Waals surface area contributed by atoms with E-state index in [-0.39, 0.29) is 17.1 Å². The first kappa shape index (κ1) is 29.1. The van der Waals surface area contributed by atoms with Gasteiger partial charge in [0, 0.05) is 12.3 Å². The zero-order valence-corrected chi connectivity index (χ0v) is 22.4. The molecule has 0 radical (unpaired) electrons. The van der Waals surface area contributed by atoms with Gasteiger partial charge in [0.2, 0.25) is 0 Å². The van der Waals surface area contributed by atoms with Crippen molar-refractivity contribution in [1.29, 1.82) is 0 Å². The van der Waals surface area contributed by atoms with Crippen LogP contribution in [0.25, 0.3) is 11.0 Å². The van der Waals surface area contributed by atoms with E-state index in [0.717, 1.165) is 23.8 Å². The van der Waals surface area contributed by atoms with E-state index in [9.17, 15) is 21.4 Å². The van der Waals surface area contributed by atoms with Gasteiger partial charge in [0.15, 0.2) is 5.16 Å². The standard InChI is InChI=1S/C23H38N2O6S3/c1-2-3-4-5-6-7-8-9-10-12-17-32-23-24-21-15-14-20(34(29,30)31)19-22(21)25(23)16-11-13-18-33(26,27)28/h14-15,19H,2-13,16-18H2,1H3,(H,26,27,28)(H,29,30,31). The minimum Gasteiger partial charge on any atom is -0.319 e. The first-order chi connectivity index (χ1) is 16.1. The highest BCUT2D eigenvalue weighted by Crippen LogP contribution is 2.28. The molecule has 0 unspecified atom stereocenters. The van der Waals surface area contributed by atoms with Gasteiger partial charge in [-0.3, -0.25) is 9.11 Å². The molecule has 1 aromatic heterocycles. The third-order valence-corrected chi connectivity index (χ3v) is 8.46. The molecule has 2 aromatic rings. The molecule has 0 bridgehead atoms. The van der Waals surface area contributed by atoms with Gasteiger partial charge in [0.1, 0.15) is 0 Å². The number of nitrogens with zero attached hydrogens (tertiary/aromatic N) is 2. The van der Waals surface area contributed by atoms with E-state index in [0.29, 0.717) is 24.0 Å². The number of benzene rings is 1. The Bertz CT molecular complexity index is 1100. The number of hydrogen-bond acceptors (Lipinski definition) is 6. The molecule has 0 saturated carbocycles. The van der Waals surface area contributed by atoms with E-state index in [1.807, 2.05) is 4.57 Å². The minimum atomic E-state index is -4.35. The number of aryl methyl sites for hydroxylation is 1. The summed E-state index contributed by atoms with van der Waals surface area (Å²) in [7, 11) is -8.37.